The Balaban J connectivity index is 2.21. The summed E-state index contributed by atoms with van der Waals surface area (Å²) in [5, 5.41) is 3.08. The van der Waals surface area contributed by atoms with Crippen LogP contribution in [0.3, 0.4) is 0 Å². The van der Waals surface area contributed by atoms with Crippen LogP contribution in [-0.4, -0.2) is 11.7 Å². The number of ketones is 1. The third-order valence-corrected chi connectivity index (χ3v) is 4.07. The van der Waals surface area contributed by atoms with Gasteiger partial charge in [-0.3, -0.25) is 4.79 Å². The molecule has 1 unspecified atom stereocenters. The molecule has 2 aromatic rings. The molecular weight excluding hydrogens is 298 g/mol. The van der Waals surface area contributed by atoms with Crippen molar-refractivity contribution in [1.82, 2.24) is 5.32 Å². The van der Waals surface area contributed by atoms with Gasteiger partial charge in [-0.1, -0.05) is 59.7 Å². The average Bonchev–Trinajstić information content (AvgIpc) is 2.53. The van der Waals surface area contributed by atoms with E-state index >= 15 is 0 Å². The summed E-state index contributed by atoms with van der Waals surface area (Å²) in [7, 11) is 0. The number of hydrogen-bond acceptors (Lipinski definition) is 4. The summed E-state index contributed by atoms with van der Waals surface area (Å²) in [6.45, 7) is 5.66. The Morgan fingerprint density at radius 3 is 2.29 bits per heavy atom. The zero-order chi connectivity index (χ0) is 17.3. The highest BCUT2D eigenvalue weighted by Crippen LogP contribution is 2.34. The van der Waals surface area contributed by atoms with E-state index in [1.54, 1.807) is 6.92 Å². The smallest absolute Gasteiger partial charge is 0.194 e. The van der Waals surface area contributed by atoms with Crippen LogP contribution in [0.4, 0.5) is 0 Å². The minimum absolute atomic E-state index is 0.0123. The highest BCUT2D eigenvalue weighted by Gasteiger charge is 2.29. The van der Waals surface area contributed by atoms with E-state index in [1.807, 2.05) is 44.2 Å². The maximum Gasteiger partial charge on any atom is 0.194 e. The van der Waals surface area contributed by atoms with Crippen LogP contribution in [0.25, 0.3) is 5.70 Å². The molecule has 1 heterocycles. The van der Waals surface area contributed by atoms with E-state index in [0.717, 1.165) is 28.0 Å². The Kier molecular flexibility index (Phi) is 4.21. The predicted molar refractivity (Wildman–Crippen MR) is 97.5 cm³/mol. The van der Waals surface area contributed by atoms with E-state index in [-0.39, 0.29) is 5.78 Å². The molecule has 0 aliphatic carbocycles. The van der Waals surface area contributed by atoms with Gasteiger partial charge in [0.15, 0.2) is 11.7 Å². The van der Waals surface area contributed by atoms with Crippen LogP contribution in [0.1, 0.15) is 35.2 Å². The number of benzene rings is 2. The molecule has 0 fully saturated rings. The van der Waals surface area contributed by atoms with Crippen molar-refractivity contribution in [3.8, 4) is 0 Å². The highest BCUT2D eigenvalue weighted by atomic mass is 16.1. The molecule has 122 valence electrons. The minimum atomic E-state index is -0.391. The monoisotopic (exact) mass is 319 g/mol. The molecule has 0 spiro atoms. The lowest BCUT2D eigenvalue weighted by atomic mass is 9.90. The van der Waals surface area contributed by atoms with E-state index < -0.39 is 6.04 Å². The van der Waals surface area contributed by atoms with Crippen molar-refractivity contribution in [2.75, 3.05) is 0 Å². The van der Waals surface area contributed by atoms with Gasteiger partial charge in [-0.15, -0.1) is 0 Å². The van der Waals surface area contributed by atoms with E-state index in [0.29, 0.717) is 11.5 Å². The topological polar surface area (TPSA) is 67.5 Å². The average molecular weight is 319 g/mol. The number of Topliss-reactive ketones (excluding diaryl/α,β-unsaturated/α-hetero) is 1. The molecule has 0 bridgehead atoms. The number of carbonyl (C=O) groups is 1. The van der Waals surface area contributed by atoms with Crippen LogP contribution in [0.5, 0.6) is 0 Å². The first kappa shape index (κ1) is 16.0. The summed E-state index contributed by atoms with van der Waals surface area (Å²) >= 11 is 0. The first-order chi connectivity index (χ1) is 11.5. The van der Waals surface area contributed by atoms with Crippen LogP contribution >= 0.6 is 0 Å². The minimum Gasteiger partial charge on any atom is -0.370 e. The number of carbonyl (C=O) groups excluding carboxylic acids is 1. The van der Waals surface area contributed by atoms with Crippen LogP contribution in [0.15, 0.2) is 59.1 Å². The number of nitrogens with zero attached hydrogens (tertiary/aromatic N) is 1. The summed E-state index contributed by atoms with van der Waals surface area (Å²) in [6.07, 6.45) is 0. The molecule has 4 nitrogen and oxygen atoms in total. The largest absolute Gasteiger partial charge is 0.370 e. The maximum absolute atomic E-state index is 12.4. The number of nitrogens with two attached hydrogens (primary N) is 1. The van der Waals surface area contributed by atoms with Gasteiger partial charge >= 0.3 is 0 Å². The molecule has 0 radical (unpaired) electrons. The lowest BCUT2D eigenvalue weighted by molar-refractivity contribution is -0.113. The molecule has 3 N–H and O–H groups in total. The van der Waals surface area contributed by atoms with Crippen LogP contribution in [0.2, 0.25) is 0 Å². The van der Waals surface area contributed by atoms with Crippen molar-refractivity contribution in [2.45, 2.75) is 26.8 Å². The number of aliphatic imine (C=N–C) groups is 1. The van der Waals surface area contributed by atoms with Crippen molar-refractivity contribution in [1.29, 1.82) is 0 Å². The second-order valence-electron chi connectivity index (χ2n) is 6.17. The van der Waals surface area contributed by atoms with E-state index in [9.17, 15) is 4.79 Å². The van der Waals surface area contributed by atoms with Crippen LogP contribution < -0.4 is 11.1 Å². The van der Waals surface area contributed by atoms with Gasteiger partial charge in [0.25, 0.3) is 0 Å². The molecule has 0 aromatic heterocycles. The van der Waals surface area contributed by atoms with E-state index in [4.69, 9.17) is 5.73 Å². The molecule has 0 amide bonds. The number of rotatable bonds is 3. The first-order valence-corrected chi connectivity index (χ1v) is 7.94. The Labute approximate surface area is 142 Å². The zero-order valence-corrected chi connectivity index (χ0v) is 14.1. The Morgan fingerprint density at radius 2 is 1.71 bits per heavy atom. The molecule has 0 saturated heterocycles. The first-order valence-electron chi connectivity index (χ1n) is 7.94. The second-order valence-corrected chi connectivity index (χ2v) is 6.17. The van der Waals surface area contributed by atoms with Gasteiger partial charge in [0.05, 0.1) is 5.70 Å². The molecule has 0 saturated carbocycles. The summed E-state index contributed by atoms with van der Waals surface area (Å²) < 4.78 is 0. The van der Waals surface area contributed by atoms with Gasteiger partial charge in [-0.2, -0.15) is 0 Å². The fourth-order valence-electron chi connectivity index (χ4n) is 3.18. The summed E-state index contributed by atoms with van der Waals surface area (Å²) in [6, 6.07) is 15.6. The lowest BCUT2D eigenvalue weighted by Crippen LogP contribution is -2.36. The Morgan fingerprint density at radius 1 is 1.08 bits per heavy atom. The van der Waals surface area contributed by atoms with Crippen LogP contribution in [0, 0.1) is 13.8 Å². The Bertz CT molecular complexity index is 830. The third-order valence-electron chi connectivity index (χ3n) is 4.07. The van der Waals surface area contributed by atoms with Gasteiger partial charge in [0.2, 0.25) is 0 Å². The van der Waals surface area contributed by atoms with Crippen molar-refractivity contribution < 1.29 is 4.79 Å². The molecule has 2 aromatic carbocycles. The van der Waals surface area contributed by atoms with Gasteiger partial charge < -0.3 is 11.1 Å². The highest BCUT2D eigenvalue weighted by molar-refractivity contribution is 6.06. The number of hydrogen-bond donors (Lipinski definition) is 2. The SMILES string of the molecule is CC(=O)C1=C(c2ccccc2)NC(N)=NC1c1cc(C)cc(C)c1. The van der Waals surface area contributed by atoms with Gasteiger partial charge in [-0.25, -0.2) is 4.99 Å². The fourth-order valence-corrected chi connectivity index (χ4v) is 3.18. The number of aryl methyl sites for hydroxylation is 2. The number of nitrogens with one attached hydrogen (secondary N) is 1. The third kappa shape index (κ3) is 3.08. The zero-order valence-electron chi connectivity index (χ0n) is 14.1. The van der Waals surface area contributed by atoms with Crippen molar-refractivity contribution in [3.63, 3.8) is 0 Å². The molecule has 1 atom stereocenters. The van der Waals surface area contributed by atoms with Gasteiger partial charge in [0, 0.05) is 5.57 Å². The van der Waals surface area contributed by atoms with Crippen LogP contribution in [-0.2, 0) is 4.79 Å². The van der Waals surface area contributed by atoms with Crippen molar-refractivity contribution >= 4 is 17.4 Å². The molecule has 1 aliphatic heterocycles. The predicted octanol–water partition coefficient (Wildman–Crippen LogP) is 3.26. The molecule has 3 rings (SSSR count). The summed E-state index contributed by atoms with van der Waals surface area (Å²) in [5.41, 5.74) is 11.6. The maximum atomic E-state index is 12.4. The van der Waals surface area contributed by atoms with E-state index in [2.05, 4.69) is 28.5 Å². The van der Waals surface area contributed by atoms with Gasteiger partial charge in [0.1, 0.15) is 6.04 Å². The van der Waals surface area contributed by atoms with Gasteiger partial charge in [-0.05, 0) is 31.9 Å². The Hall–Kier alpha value is -2.88. The second kappa shape index (κ2) is 6.32. The lowest BCUT2D eigenvalue weighted by Gasteiger charge is -2.26. The van der Waals surface area contributed by atoms with E-state index in [1.165, 1.54) is 0 Å². The van der Waals surface area contributed by atoms with Crippen molar-refractivity contribution in [2.24, 2.45) is 10.7 Å². The number of guanidine groups is 1. The standard InChI is InChI=1S/C20H21N3O/c1-12-9-13(2)11-16(10-12)19-17(14(3)24)18(22-20(21)23-19)15-7-5-4-6-8-15/h4-11,19H,1-3H3,(H3,21,22,23). The fraction of sp³-hybridized carbons (Fsp3) is 0.200. The molecule has 24 heavy (non-hydrogen) atoms. The molecule has 1 aliphatic rings. The van der Waals surface area contributed by atoms with Crippen molar-refractivity contribution in [3.05, 3.63) is 76.4 Å². The normalized spacial score (nSPS) is 17.3. The summed E-state index contributed by atoms with van der Waals surface area (Å²) in [4.78, 5) is 17.0. The quantitative estimate of drug-likeness (QED) is 0.912. The molecule has 4 heteroatoms. The summed E-state index contributed by atoms with van der Waals surface area (Å²) in [5.74, 6) is 0.310. The molecular formula is C20H21N3O.